The topological polar surface area (TPSA) is 43.8 Å². The monoisotopic (exact) mass is 225 g/mol. The minimum atomic E-state index is -0.460. The van der Waals surface area contributed by atoms with Crippen molar-refractivity contribution in [2.75, 3.05) is 5.73 Å². The molecule has 0 atom stereocenters. The van der Waals surface area contributed by atoms with Crippen LogP contribution in [0.25, 0.3) is 11.3 Å². The maximum Gasteiger partial charge on any atom is 0.142 e. The van der Waals surface area contributed by atoms with Crippen LogP contribution < -0.4 is 5.73 Å². The summed E-state index contributed by atoms with van der Waals surface area (Å²) in [6.45, 7) is 0. The van der Waals surface area contributed by atoms with Crippen LogP contribution in [0, 0.1) is 5.82 Å². The van der Waals surface area contributed by atoms with E-state index in [1.165, 1.54) is 10.7 Å². The van der Waals surface area contributed by atoms with E-state index in [1.807, 2.05) is 0 Å². The number of rotatable bonds is 1. The standard InChI is InChI=1S/C10H9ClFN3/c1-15-9(13)5-8(14-15)6-3-2-4-7(12)10(6)11/h2-5H,13H2,1H3. The van der Waals surface area contributed by atoms with E-state index in [0.29, 0.717) is 17.1 Å². The van der Waals surface area contributed by atoms with Gasteiger partial charge in [-0.1, -0.05) is 23.7 Å². The molecule has 0 saturated heterocycles. The molecule has 0 aliphatic carbocycles. The van der Waals surface area contributed by atoms with Gasteiger partial charge in [-0.05, 0) is 6.07 Å². The Kier molecular flexibility index (Phi) is 2.36. The molecule has 0 aliphatic rings. The molecule has 0 amide bonds. The lowest BCUT2D eigenvalue weighted by atomic mass is 10.1. The largest absolute Gasteiger partial charge is 0.384 e. The Labute approximate surface area is 91.3 Å². The zero-order chi connectivity index (χ0) is 11.0. The summed E-state index contributed by atoms with van der Waals surface area (Å²) in [5.41, 5.74) is 6.74. The van der Waals surface area contributed by atoms with Crippen LogP contribution in [0.15, 0.2) is 24.3 Å². The quantitative estimate of drug-likeness (QED) is 0.810. The first kappa shape index (κ1) is 9.98. The van der Waals surface area contributed by atoms with E-state index in [9.17, 15) is 4.39 Å². The Balaban J connectivity index is 2.59. The molecule has 78 valence electrons. The van der Waals surface area contributed by atoms with Crippen LogP contribution in [0.2, 0.25) is 5.02 Å². The van der Waals surface area contributed by atoms with E-state index in [2.05, 4.69) is 5.10 Å². The molecule has 3 nitrogen and oxygen atoms in total. The molecule has 0 unspecified atom stereocenters. The van der Waals surface area contributed by atoms with Crippen LogP contribution in [0.3, 0.4) is 0 Å². The molecule has 2 N–H and O–H groups in total. The van der Waals surface area contributed by atoms with Crippen LogP contribution in [0.5, 0.6) is 0 Å². The second-order valence-corrected chi connectivity index (χ2v) is 3.56. The van der Waals surface area contributed by atoms with Crippen LogP contribution in [-0.4, -0.2) is 9.78 Å². The van der Waals surface area contributed by atoms with Crippen molar-refractivity contribution < 1.29 is 4.39 Å². The smallest absolute Gasteiger partial charge is 0.142 e. The van der Waals surface area contributed by atoms with Gasteiger partial charge in [-0.3, -0.25) is 4.68 Å². The summed E-state index contributed by atoms with van der Waals surface area (Å²) in [5.74, 6) is 0.0451. The van der Waals surface area contributed by atoms with Gasteiger partial charge in [-0.25, -0.2) is 4.39 Å². The number of hydrogen-bond donors (Lipinski definition) is 1. The van der Waals surface area contributed by atoms with E-state index < -0.39 is 5.82 Å². The zero-order valence-electron chi connectivity index (χ0n) is 8.04. The molecule has 15 heavy (non-hydrogen) atoms. The Morgan fingerprint density at radius 3 is 2.80 bits per heavy atom. The number of benzene rings is 1. The Morgan fingerprint density at radius 1 is 1.47 bits per heavy atom. The summed E-state index contributed by atoms with van der Waals surface area (Å²) < 4.78 is 14.7. The summed E-state index contributed by atoms with van der Waals surface area (Å²) in [6, 6.07) is 6.24. The maximum atomic E-state index is 13.2. The van der Waals surface area contributed by atoms with Crippen molar-refractivity contribution in [2.45, 2.75) is 0 Å². The fourth-order valence-electron chi connectivity index (χ4n) is 1.31. The highest BCUT2D eigenvalue weighted by molar-refractivity contribution is 6.33. The summed E-state index contributed by atoms with van der Waals surface area (Å²) in [7, 11) is 1.71. The molecule has 0 aliphatic heterocycles. The number of nitrogens with zero attached hydrogens (tertiary/aromatic N) is 2. The predicted octanol–water partition coefficient (Wildman–Crippen LogP) is 2.46. The van der Waals surface area contributed by atoms with E-state index >= 15 is 0 Å². The molecule has 5 heteroatoms. The lowest BCUT2D eigenvalue weighted by Gasteiger charge is -2.00. The van der Waals surface area contributed by atoms with E-state index in [-0.39, 0.29) is 5.02 Å². The SMILES string of the molecule is Cn1nc(-c2cccc(F)c2Cl)cc1N. The van der Waals surface area contributed by atoms with Gasteiger partial charge in [0.15, 0.2) is 0 Å². The van der Waals surface area contributed by atoms with Crippen molar-refractivity contribution in [3.05, 3.63) is 35.1 Å². The second kappa shape index (κ2) is 3.55. The van der Waals surface area contributed by atoms with Gasteiger partial charge in [0, 0.05) is 18.7 Å². The maximum absolute atomic E-state index is 13.2. The van der Waals surface area contributed by atoms with Crippen molar-refractivity contribution >= 4 is 17.4 Å². The van der Waals surface area contributed by atoms with Crippen molar-refractivity contribution in [2.24, 2.45) is 7.05 Å². The lowest BCUT2D eigenvalue weighted by Crippen LogP contribution is -1.96. The zero-order valence-corrected chi connectivity index (χ0v) is 8.79. The fraction of sp³-hybridized carbons (Fsp3) is 0.100. The second-order valence-electron chi connectivity index (χ2n) is 3.18. The first-order valence-corrected chi connectivity index (χ1v) is 4.71. The van der Waals surface area contributed by atoms with Gasteiger partial charge in [-0.2, -0.15) is 5.10 Å². The van der Waals surface area contributed by atoms with Gasteiger partial charge < -0.3 is 5.73 Å². The van der Waals surface area contributed by atoms with Crippen molar-refractivity contribution in [1.82, 2.24) is 9.78 Å². The molecule has 1 heterocycles. The van der Waals surface area contributed by atoms with Gasteiger partial charge in [0.25, 0.3) is 0 Å². The Bertz CT molecular complexity index is 488. The molecule has 0 radical (unpaired) electrons. The molecule has 0 bridgehead atoms. The van der Waals surface area contributed by atoms with Crippen LogP contribution in [0.4, 0.5) is 10.2 Å². The Morgan fingerprint density at radius 2 is 2.20 bits per heavy atom. The minimum Gasteiger partial charge on any atom is -0.384 e. The van der Waals surface area contributed by atoms with Gasteiger partial charge in [-0.15, -0.1) is 0 Å². The van der Waals surface area contributed by atoms with E-state index in [1.54, 1.807) is 25.2 Å². The van der Waals surface area contributed by atoms with Crippen molar-refractivity contribution in [1.29, 1.82) is 0 Å². The summed E-state index contributed by atoms with van der Waals surface area (Å²) in [4.78, 5) is 0. The third-order valence-electron chi connectivity index (χ3n) is 2.14. The van der Waals surface area contributed by atoms with Gasteiger partial charge in [0.1, 0.15) is 11.6 Å². The van der Waals surface area contributed by atoms with Gasteiger partial charge in [0.05, 0.1) is 10.7 Å². The molecule has 1 aromatic heterocycles. The average Bonchev–Trinajstić information content (AvgIpc) is 2.51. The molecular weight excluding hydrogens is 217 g/mol. The normalized spacial score (nSPS) is 10.6. The van der Waals surface area contributed by atoms with Crippen molar-refractivity contribution in [3.63, 3.8) is 0 Å². The summed E-state index contributed by atoms with van der Waals surface area (Å²) in [5, 5.41) is 4.19. The van der Waals surface area contributed by atoms with E-state index in [4.69, 9.17) is 17.3 Å². The number of nitrogens with two attached hydrogens (primary N) is 1. The van der Waals surface area contributed by atoms with Gasteiger partial charge in [0.2, 0.25) is 0 Å². The number of halogens is 2. The molecule has 1 aromatic carbocycles. The molecule has 2 rings (SSSR count). The van der Waals surface area contributed by atoms with Gasteiger partial charge >= 0.3 is 0 Å². The first-order valence-electron chi connectivity index (χ1n) is 4.33. The number of aromatic nitrogens is 2. The molecule has 2 aromatic rings. The minimum absolute atomic E-state index is 0.0654. The van der Waals surface area contributed by atoms with E-state index in [0.717, 1.165) is 0 Å². The third-order valence-corrected chi connectivity index (χ3v) is 2.53. The predicted molar refractivity (Wildman–Crippen MR) is 58.0 cm³/mol. The number of anilines is 1. The molecule has 0 spiro atoms. The average molecular weight is 226 g/mol. The van der Waals surface area contributed by atoms with Crippen LogP contribution in [-0.2, 0) is 7.05 Å². The molecule has 0 fully saturated rings. The molecular formula is C10H9ClFN3. The highest BCUT2D eigenvalue weighted by Crippen LogP contribution is 2.29. The summed E-state index contributed by atoms with van der Waals surface area (Å²) >= 11 is 5.82. The lowest BCUT2D eigenvalue weighted by molar-refractivity contribution is 0.628. The Hall–Kier alpha value is -1.55. The highest BCUT2D eigenvalue weighted by Gasteiger charge is 2.11. The summed E-state index contributed by atoms with van der Waals surface area (Å²) in [6.07, 6.45) is 0. The highest BCUT2D eigenvalue weighted by atomic mass is 35.5. The molecule has 0 saturated carbocycles. The van der Waals surface area contributed by atoms with Crippen LogP contribution >= 0.6 is 11.6 Å². The first-order chi connectivity index (χ1) is 7.09. The number of hydrogen-bond acceptors (Lipinski definition) is 2. The third kappa shape index (κ3) is 1.68. The van der Waals surface area contributed by atoms with Crippen molar-refractivity contribution in [3.8, 4) is 11.3 Å². The number of nitrogen functional groups attached to an aromatic ring is 1. The fourth-order valence-corrected chi connectivity index (χ4v) is 1.54. The van der Waals surface area contributed by atoms with Crippen LogP contribution in [0.1, 0.15) is 0 Å². The number of aryl methyl sites for hydroxylation is 1.